The first-order valence-corrected chi connectivity index (χ1v) is 12.6. The van der Waals surface area contributed by atoms with E-state index in [-0.39, 0.29) is 37.6 Å². The summed E-state index contributed by atoms with van der Waals surface area (Å²) in [4.78, 5) is 40.9. The van der Waals surface area contributed by atoms with Crippen molar-refractivity contribution in [3.63, 3.8) is 0 Å². The third-order valence-electron chi connectivity index (χ3n) is 5.83. The predicted molar refractivity (Wildman–Crippen MR) is 135 cm³/mol. The lowest BCUT2D eigenvalue weighted by atomic mass is 9.98. The van der Waals surface area contributed by atoms with Crippen molar-refractivity contribution in [2.75, 3.05) is 26.9 Å². The Bertz CT molecular complexity index is 1040. The molecule has 2 N–H and O–H groups in total. The molecule has 11 heteroatoms. The minimum Gasteiger partial charge on any atom is -0.497 e. The Hall–Kier alpha value is -3.25. The van der Waals surface area contributed by atoms with Crippen molar-refractivity contribution >= 4 is 28.7 Å². The highest BCUT2D eigenvalue weighted by molar-refractivity contribution is 5.87. The van der Waals surface area contributed by atoms with Crippen molar-refractivity contribution in [1.82, 2.24) is 5.39 Å². The lowest BCUT2D eigenvalue weighted by Gasteiger charge is -2.17. The molecule has 0 aliphatic heterocycles. The maximum atomic E-state index is 12.6. The number of benzene rings is 2. The molecule has 0 heterocycles. The highest BCUT2D eigenvalue weighted by Crippen LogP contribution is 2.26. The molecule has 11 nitrogen and oxygen atoms in total. The minimum absolute atomic E-state index is 0.0981. The average Bonchev–Trinajstić information content (AvgIpc) is 2.90. The van der Waals surface area contributed by atoms with Gasteiger partial charge in [-0.1, -0.05) is 24.3 Å². The molecular weight excluding hydrogens is 498 g/mol. The standard InChI is InChI=1S/C27H37NO10/c1-19(21-10-11-23-18-24(34-3)13-12-22(23)17-21)26(30)38-20(2)27(31)36-15-6-4-5-9-25(29)35-14-7-8-16-37-28(32)33/h10-13,17-20,32-33H,4-9,14-16H2,1-3H3. The Labute approximate surface area is 222 Å². The van der Waals surface area contributed by atoms with Crippen LogP contribution in [0.15, 0.2) is 36.4 Å². The van der Waals surface area contributed by atoms with Crippen LogP contribution < -0.4 is 4.74 Å². The van der Waals surface area contributed by atoms with E-state index in [9.17, 15) is 14.4 Å². The molecule has 2 rings (SSSR count). The summed E-state index contributed by atoms with van der Waals surface area (Å²) in [5.74, 6) is -1.27. The summed E-state index contributed by atoms with van der Waals surface area (Å²) < 4.78 is 20.8. The number of carbonyl (C=O) groups is 3. The number of methoxy groups -OCH3 is 1. The first kappa shape index (κ1) is 31.0. The van der Waals surface area contributed by atoms with E-state index in [1.807, 2.05) is 36.4 Å². The number of carbonyl (C=O) groups excluding carboxylic acids is 3. The molecule has 0 spiro atoms. The molecule has 0 saturated heterocycles. The minimum atomic E-state index is -1.03. The van der Waals surface area contributed by atoms with Gasteiger partial charge in [0.25, 0.3) is 0 Å². The second-order valence-corrected chi connectivity index (χ2v) is 8.77. The Kier molecular flexibility index (Phi) is 13.5. The summed E-state index contributed by atoms with van der Waals surface area (Å²) in [6.07, 6.45) is 2.07. The number of hydrogen-bond donors (Lipinski definition) is 2. The highest BCUT2D eigenvalue weighted by Gasteiger charge is 2.24. The van der Waals surface area contributed by atoms with Gasteiger partial charge in [0, 0.05) is 6.42 Å². The van der Waals surface area contributed by atoms with Gasteiger partial charge in [0.15, 0.2) is 6.10 Å². The third kappa shape index (κ3) is 11.0. The van der Waals surface area contributed by atoms with Gasteiger partial charge >= 0.3 is 17.9 Å². The van der Waals surface area contributed by atoms with Crippen LogP contribution in [0, 0.1) is 0 Å². The van der Waals surface area contributed by atoms with Crippen molar-refractivity contribution in [2.24, 2.45) is 0 Å². The van der Waals surface area contributed by atoms with Crippen molar-refractivity contribution in [1.29, 1.82) is 0 Å². The van der Waals surface area contributed by atoms with Gasteiger partial charge in [0.2, 0.25) is 0 Å². The Morgan fingerprint density at radius 2 is 1.47 bits per heavy atom. The fourth-order valence-corrected chi connectivity index (χ4v) is 3.55. The summed E-state index contributed by atoms with van der Waals surface area (Å²) in [6, 6.07) is 11.4. The number of unbranched alkanes of at least 4 members (excludes halogenated alkanes) is 3. The second-order valence-electron chi connectivity index (χ2n) is 8.77. The monoisotopic (exact) mass is 535 g/mol. The largest absolute Gasteiger partial charge is 0.497 e. The molecule has 210 valence electrons. The molecular formula is C27H37NO10. The molecule has 0 bridgehead atoms. The lowest BCUT2D eigenvalue weighted by Crippen LogP contribution is -2.28. The molecule has 0 fully saturated rings. The lowest BCUT2D eigenvalue weighted by molar-refractivity contribution is -0.492. The van der Waals surface area contributed by atoms with Crippen LogP contribution in [-0.2, 0) is 33.4 Å². The Morgan fingerprint density at radius 1 is 0.816 bits per heavy atom. The molecule has 0 amide bonds. The fourth-order valence-electron chi connectivity index (χ4n) is 3.55. The van der Waals surface area contributed by atoms with Crippen LogP contribution in [0.2, 0.25) is 0 Å². The van der Waals surface area contributed by atoms with E-state index in [1.54, 1.807) is 14.0 Å². The van der Waals surface area contributed by atoms with Crippen molar-refractivity contribution in [3.05, 3.63) is 42.0 Å². The van der Waals surface area contributed by atoms with Crippen LogP contribution in [0.25, 0.3) is 10.8 Å². The fraction of sp³-hybridized carbons (Fsp3) is 0.519. The number of ether oxygens (including phenoxy) is 4. The number of fused-ring (bicyclic) bond motifs is 1. The Balaban J connectivity index is 1.61. The summed E-state index contributed by atoms with van der Waals surface area (Å²) in [7, 11) is 1.61. The van der Waals surface area contributed by atoms with Crippen LogP contribution in [0.4, 0.5) is 0 Å². The molecule has 2 aromatic rings. The molecule has 2 aromatic carbocycles. The van der Waals surface area contributed by atoms with Gasteiger partial charge < -0.3 is 18.9 Å². The topological polar surface area (TPSA) is 141 Å². The molecule has 0 radical (unpaired) electrons. The average molecular weight is 536 g/mol. The van der Waals surface area contributed by atoms with Gasteiger partial charge in [-0.2, -0.15) is 0 Å². The first-order valence-electron chi connectivity index (χ1n) is 12.6. The summed E-state index contributed by atoms with van der Waals surface area (Å²) in [5, 5.41) is 18.4. The molecule has 0 aliphatic rings. The van der Waals surface area contributed by atoms with E-state index in [0.717, 1.165) is 22.1 Å². The van der Waals surface area contributed by atoms with Crippen LogP contribution in [0.1, 0.15) is 63.9 Å². The quantitative estimate of drug-likeness (QED) is 0.129. The normalized spacial score (nSPS) is 12.7. The van der Waals surface area contributed by atoms with E-state index in [4.69, 9.17) is 29.4 Å². The molecule has 0 aliphatic carbocycles. The van der Waals surface area contributed by atoms with Crippen LogP contribution in [0.3, 0.4) is 0 Å². The Morgan fingerprint density at radius 3 is 2.21 bits per heavy atom. The van der Waals surface area contributed by atoms with Crippen molar-refractivity contribution < 1.29 is 48.6 Å². The molecule has 2 atom stereocenters. The van der Waals surface area contributed by atoms with E-state index < -0.39 is 24.0 Å². The molecule has 0 aromatic heterocycles. The van der Waals surface area contributed by atoms with Crippen LogP contribution in [-0.4, -0.2) is 66.7 Å². The highest BCUT2D eigenvalue weighted by atomic mass is 17.1. The maximum Gasteiger partial charge on any atom is 0.347 e. The zero-order valence-corrected chi connectivity index (χ0v) is 22.1. The van der Waals surface area contributed by atoms with Gasteiger partial charge in [-0.15, -0.1) is 0 Å². The first-order chi connectivity index (χ1) is 18.2. The van der Waals surface area contributed by atoms with Gasteiger partial charge in [-0.05, 0) is 74.4 Å². The number of hydrogen-bond acceptors (Lipinski definition) is 11. The summed E-state index contributed by atoms with van der Waals surface area (Å²) >= 11 is 0. The van der Waals surface area contributed by atoms with E-state index in [0.29, 0.717) is 32.1 Å². The predicted octanol–water partition coefficient (Wildman–Crippen LogP) is 4.32. The van der Waals surface area contributed by atoms with E-state index in [1.165, 1.54) is 6.92 Å². The van der Waals surface area contributed by atoms with E-state index >= 15 is 0 Å². The third-order valence-corrected chi connectivity index (χ3v) is 5.83. The van der Waals surface area contributed by atoms with Gasteiger partial charge in [-0.25, -0.2) is 4.79 Å². The number of esters is 3. The molecule has 0 saturated carbocycles. The van der Waals surface area contributed by atoms with Crippen molar-refractivity contribution in [2.45, 2.75) is 64.4 Å². The second kappa shape index (κ2) is 16.6. The number of rotatable bonds is 17. The zero-order valence-electron chi connectivity index (χ0n) is 22.1. The number of nitrogens with zero attached hydrogens (tertiary/aromatic N) is 1. The molecule has 2 unspecified atom stereocenters. The zero-order chi connectivity index (χ0) is 27.9. The van der Waals surface area contributed by atoms with Gasteiger partial charge in [0.05, 0.1) is 38.2 Å². The van der Waals surface area contributed by atoms with Crippen molar-refractivity contribution in [3.8, 4) is 5.75 Å². The van der Waals surface area contributed by atoms with Gasteiger partial charge in [0.1, 0.15) is 5.75 Å². The smallest absolute Gasteiger partial charge is 0.347 e. The van der Waals surface area contributed by atoms with Crippen LogP contribution >= 0.6 is 0 Å². The summed E-state index contributed by atoms with van der Waals surface area (Å²) in [5.41, 5.74) is 0.778. The SMILES string of the molecule is COc1ccc2cc(C(C)C(=O)OC(C)C(=O)OCCCCCC(=O)OCCCCON(O)O)ccc2c1. The van der Waals surface area contributed by atoms with Gasteiger partial charge in [-0.3, -0.25) is 24.8 Å². The van der Waals surface area contributed by atoms with Crippen LogP contribution in [0.5, 0.6) is 5.75 Å². The maximum absolute atomic E-state index is 12.6. The summed E-state index contributed by atoms with van der Waals surface area (Å²) in [6.45, 7) is 3.69. The van der Waals surface area contributed by atoms with E-state index in [2.05, 4.69) is 4.84 Å². The molecule has 38 heavy (non-hydrogen) atoms.